The number of hydrogen-bond donors (Lipinski definition) is 1. The first-order chi connectivity index (χ1) is 9.83. The van der Waals surface area contributed by atoms with Crippen molar-refractivity contribution in [2.75, 3.05) is 13.2 Å². The molecule has 0 saturated carbocycles. The summed E-state index contributed by atoms with van der Waals surface area (Å²) in [5.41, 5.74) is -0.707. The lowest BCUT2D eigenvalue weighted by atomic mass is 10.0. The molecule has 0 aliphatic rings. The molecule has 1 rings (SSSR count). The molecule has 0 bridgehead atoms. The monoisotopic (exact) mass is 295 g/mol. The van der Waals surface area contributed by atoms with E-state index in [0.29, 0.717) is 18.5 Å². The van der Waals surface area contributed by atoms with Crippen molar-refractivity contribution in [1.29, 1.82) is 5.26 Å². The van der Waals surface area contributed by atoms with E-state index < -0.39 is 16.3 Å². The highest BCUT2D eigenvalue weighted by Crippen LogP contribution is 2.27. The first-order valence-corrected chi connectivity index (χ1v) is 6.56. The molecule has 0 fully saturated rings. The molecule has 21 heavy (non-hydrogen) atoms. The topological polar surface area (TPSA) is 88.2 Å². The Labute approximate surface area is 122 Å². The van der Waals surface area contributed by atoms with E-state index in [0.717, 1.165) is 6.07 Å². The van der Waals surface area contributed by atoms with Crippen LogP contribution < -0.4 is 10.1 Å². The molecule has 0 amide bonds. The molecular weight excluding hydrogens is 277 g/mol. The van der Waals surface area contributed by atoms with Gasteiger partial charge in [-0.05, 0) is 26.5 Å². The number of nitro groups is 1. The third-order valence-corrected chi connectivity index (χ3v) is 3.12. The van der Waals surface area contributed by atoms with Crippen LogP contribution in [0.2, 0.25) is 0 Å². The lowest BCUT2D eigenvalue weighted by Crippen LogP contribution is -2.42. The van der Waals surface area contributed by atoms with E-state index in [1.54, 1.807) is 6.92 Å². The van der Waals surface area contributed by atoms with Crippen LogP contribution in [0.15, 0.2) is 12.1 Å². The van der Waals surface area contributed by atoms with Gasteiger partial charge in [0.2, 0.25) is 0 Å². The van der Waals surface area contributed by atoms with Crippen LogP contribution in [-0.4, -0.2) is 23.6 Å². The average molecular weight is 295 g/mol. The van der Waals surface area contributed by atoms with Crippen molar-refractivity contribution >= 4 is 5.69 Å². The molecular formula is C14H18FN3O3. The maximum Gasteiger partial charge on any atom is 0.275 e. The van der Waals surface area contributed by atoms with Gasteiger partial charge in [-0.2, -0.15) is 5.26 Å². The predicted octanol–water partition coefficient (Wildman–Crippen LogP) is 2.70. The first-order valence-electron chi connectivity index (χ1n) is 6.56. The van der Waals surface area contributed by atoms with Crippen molar-refractivity contribution < 1.29 is 14.1 Å². The number of rotatable bonds is 7. The summed E-state index contributed by atoms with van der Waals surface area (Å²) in [5, 5.41) is 22.8. The van der Waals surface area contributed by atoms with Gasteiger partial charge in [-0.25, -0.2) is 4.39 Å². The lowest BCUT2D eigenvalue weighted by molar-refractivity contribution is -0.385. The Morgan fingerprint density at radius 2 is 2.24 bits per heavy atom. The van der Waals surface area contributed by atoms with E-state index >= 15 is 0 Å². The fourth-order valence-electron chi connectivity index (χ4n) is 1.89. The fraction of sp³-hybridized carbons (Fsp3) is 0.500. The van der Waals surface area contributed by atoms with Gasteiger partial charge in [-0.1, -0.05) is 6.92 Å². The molecule has 0 radical (unpaired) electrons. The number of halogens is 1. The van der Waals surface area contributed by atoms with E-state index in [1.807, 2.05) is 6.92 Å². The number of nitrogens with one attached hydrogen (secondary N) is 1. The van der Waals surface area contributed by atoms with Gasteiger partial charge in [0.05, 0.1) is 23.7 Å². The summed E-state index contributed by atoms with van der Waals surface area (Å²) in [7, 11) is 0. The highest BCUT2D eigenvalue weighted by molar-refractivity contribution is 5.45. The third kappa shape index (κ3) is 4.39. The summed E-state index contributed by atoms with van der Waals surface area (Å²) in [5.74, 6) is -0.829. The first kappa shape index (κ1) is 16.9. The zero-order valence-corrected chi connectivity index (χ0v) is 12.3. The number of aryl methyl sites for hydroxylation is 1. The van der Waals surface area contributed by atoms with Gasteiger partial charge < -0.3 is 4.74 Å². The summed E-state index contributed by atoms with van der Waals surface area (Å²) < 4.78 is 19.0. The van der Waals surface area contributed by atoms with Crippen LogP contribution in [0.1, 0.15) is 25.8 Å². The van der Waals surface area contributed by atoms with Crippen LogP contribution in [0.3, 0.4) is 0 Å². The maximum absolute atomic E-state index is 13.7. The minimum atomic E-state index is -0.783. The van der Waals surface area contributed by atoms with Gasteiger partial charge in [0.25, 0.3) is 5.69 Å². The Kier molecular flexibility index (Phi) is 5.61. The van der Waals surface area contributed by atoms with E-state index in [2.05, 4.69) is 11.4 Å². The smallest absolute Gasteiger partial charge is 0.275 e. The van der Waals surface area contributed by atoms with Crippen LogP contribution in [0, 0.1) is 34.2 Å². The minimum Gasteiger partial charge on any atom is -0.490 e. The Bertz CT molecular complexity index is 571. The summed E-state index contributed by atoms with van der Waals surface area (Å²) in [6.07, 6.45) is 0.368. The van der Waals surface area contributed by atoms with Gasteiger partial charge in [0, 0.05) is 12.0 Å². The van der Waals surface area contributed by atoms with Gasteiger partial charge in [-0.15, -0.1) is 0 Å². The quantitative estimate of drug-likeness (QED) is 0.617. The Morgan fingerprint density at radius 1 is 1.57 bits per heavy atom. The Morgan fingerprint density at radius 3 is 2.76 bits per heavy atom. The summed E-state index contributed by atoms with van der Waals surface area (Å²) >= 11 is 0. The maximum atomic E-state index is 13.7. The second-order valence-corrected chi connectivity index (χ2v) is 4.90. The van der Waals surface area contributed by atoms with Crippen LogP contribution in [-0.2, 0) is 0 Å². The summed E-state index contributed by atoms with van der Waals surface area (Å²) in [6, 6.07) is 4.28. The minimum absolute atomic E-state index is 0.0464. The molecule has 0 aliphatic carbocycles. The molecule has 7 heteroatoms. The average Bonchev–Trinajstić information content (AvgIpc) is 2.42. The Balaban J connectivity index is 2.75. The molecule has 1 atom stereocenters. The second kappa shape index (κ2) is 6.99. The molecule has 0 aliphatic heterocycles. The molecule has 0 saturated heterocycles. The zero-order chi connectivity index (χ0) is 16.0. The number of nitriles is 1. The highest BCUT2D eigenvalue weighted by Gasteiger charge is 2.23. The number of benzene rings is 1. The standard InChI is InChI=1S/C14H18FN3O3/c1-4-17-14(3,9-16)5-6-21-13-7-10(2)12(18(19)20)8-11(13)15/h7-8,17H,4-6H2,1-3H3. The molecule has 0 aromatic heterocycles. The summed E-state index contributed by atoms with van der Waals surface area (Å²) in [4.78, 5) is 10.1. The molecule has 0 heterocycles. The van der Waals surface area contributed by atoms with Crippen molar-refractivity contribution in [2.24, 2.45) is 0 Å². The fourth-order valence-corrected chi connectivity index (χ4v) is 1.89. The number of ether oxygens (including phenoxy) is 1. The van der Waals surface area contributed by atoms with E-state index in [4.69, 9.17) is 10.00 Å². The van der Waals surface area contributed by atoms with Gasteiger partial charge in [0.15, 0.2) is 11.6 Å². The molecule has 114 valence electrons. The second-order valence-electron chi connectivity index (χ2n) is 4.90. The highest BCUT2D eigenvalue weighted by atomic mass is 19.1. The van der Waals surface area contributed by atoms with Crippen molar-refractivity contribution in [3.63, 3.8) is 0 Å². The van der Waals surface area contributed by atoms with Gasteiger partial charge in [-0.3, -0.25) is 15.4 Å². The van der Waals surface area contributed by atoms with Crippen LogP contribution in [0.5, 0.6) is 5.75 Å². The molecule has 1 aromatic rings. The van der Waals surface area contributed by atoms with Crippen molar-refractivity contribution in [2.45, 2.75) is 32.7 Å². The normalized spacial score (nSPS) is 13.3. The van der Waals surface area contributed by atoms with E-state index in [1.165, 1.54) is 13.0 Å². The Hall–Kier alpha value is -2.20. The largest absolute Gasteiger partial charge is 0.490 e. The summed E-state index contributed by atoms with van der Waals surface area (Å²) in [6.45, 7) is 5.90. The van der Waals surface area contributed by atoms with Crippen LogP contribution >= 0.6 is 0 Å². The molecule has 6 nitrogen and oxygen atoms in total. The SMILES string of the molecule is CCNC(C)(C#N)CCOc1cc(C)c([N+](=O)[O-])cc1F. The number of nitro benzene ring substituents is 1. The van der Waals surface area contributed by atoms with Crippen molar-refractivity contribution in [1.82, 2.24) is 5.32 Å². The lowest BCUT2D eigenvalue weighted by Gasteiger charge is -2.22. The predicted molar refractivity (Wildman–Crippen MR) is 75.6 cm³/mol. The number of hydrogen-bond acceptors (Lipinski definition) is 5. The molecule has 1 N–H and O–H groups in total. The van der Waals surface area contributed by atoms with E-state index in [9.17, 15) is 14.5 Å². The molecule has 0 spiro atoms. The van der Waals surface area contributed by atoms with Crippen LogP contribution in [0.25, 0.3) is 0 Å². The van der Waals surface area contributed by atoms with Crippen molar-refractivity contribution in [3.05, 3.63) is 33.6 Å². The number of nitrogens with zero attached hydrogens (tertiary/aromatic N) is 2. The molecule has 1 aromatic carbocycles. The van der Waals surface area contributed by atoms with Crippen LogP contribution in [0.4, 0.5) is 10.1 Å². The van der Waals surface area contributed by atoms with Crippen molar-refractivity contribution in [3.8, 4) is 11.8 Å². The zero-order valence-electron chi connectivity index (χ0n) is 12.3. The molecule has 1 unspecified atom stereocenters. The third-order valence-electron chi connectivity index (χ3n) is 3.12. The van der Waals surface area contributed by atoms with Gasteiger partial charge >= 0.3 is 0 Å². The van der Waals surface area contributed by atoms with E-state index in [-0.39, 0.29) is 18.0 Å². The van der Waals surface area contributed by atoms with Gasteiger partial charge in [0.1, 0.15) is 5.54 Å².